The molecule has 92 valence electrons. The number of benzene rings is 1. The van der Waals surface area contributed by atoms with Gasteiger partial charge < -0.3 is 0 Å². The molecule has 0 N–H and O–H groups in total. The summed E-state index contributed by atoms with van der Waals surface area (Å²) in [5, 5.41) is 32.3. The minimum atomic E-state index is -3.23. The Kier molecular flexibility index (Phi) is 4.27. The molecule has 0 aliphatic heterocycles. The first kappa shape index (κ1) is 14.4. The number of hydrogen-bond donors (Lipinski definition) is 0. The average Bonchev–Trinajstić information content (AvgIpc) is 2.26. The summed E-state index contributed by atoms with van der Waals surface area (Å²) < 4.78 is -2.83. The zero-order chi connectivity index (χ0) is 13.9. The van der Waals surface area contributed by atoms with E-state index in [1.165, 1.54) is 12.1 Å². The van der Waals surface area contributed by atoms with E-state index in [0.717, 1.165) is 5.56 Å². The third kappa shape index (κ3) is 2.60. The van der Waals surface area contributed by atoms with E-state index >= 15 is 0 Å². The van der Waals surface area contributed by atoms with Gasteiger partial charge in [0.1, 0.15) is 0 Å². The van der Waals surface area contributed by atoms with Gasteiger partial charge in [-0.3, -0.25) is 0 Å². The first-order chi connectivity index (χ1) is 8.30. The van der Waals surface area contributed by atoms with E-state index in [0.29, 0.717) is 3.07 Å². The molecule has 0 atom stereocenters. The van der Waals surface area contributed by atoms with Crippen LogP contribution in [0.25, 0.3) is 0 Å². The van der Waals surface area contributed by atoms with Crippen molar-refractivity contribution >= 4 is 3.07 Å². The number of nitro groups is 3. The van der Waals surface area contributed by atoms with Crippen LogP contribution in [0.15, 0.2) is 24.3 Å². The number of hydrogen-bond acceptors (Lipinski definition) is 6. The first-order valence-electron chi connectivity index (χ1n) is 4.79. The second kappa shape index (κ2) is 5.33. The second-order valence-electron chi connectivity index (χ2n) is 3.71. The molecule has 0 aliphatic rings. The predicted octanol–water partition coefficient (Wildman–Crippen LogP) is 0.144. The van der Waals surface area contributed by atoms with E-state index in [-0.39, 0.29) is 0 Å². The number of nitrogens with zero attached hydrogens (tertiary/aromatic N) is 3. The van der Waals surface area contributed by atoms with Crippen LogP contribution in [0.1, 0.15) is 5.56 Å². The Labute approximate surface area is 113 Å². The van der Waals surface area contributed by atoms with E-state index in [1.807, 2.05) is 0 Å². The maximum absolute atomic E-state index is 10.8. The zero-order valence-electron chi connectivity index (χ0n) is 9.31. The standard InChI is InChI=1S/C7H7.CN3O6.Hg/c1-7-5-3-2-4-6-7;5-2(6)1(3(7)8)4(9)10;/h3-6H,1H3;;. The Bertz CT molecular complexity index is 466. The van der Waals surface area contributed by atoms with Crippen molar-refractivity contribution in [3.8, 4) is 0 Å². The zero-order valence-corrected chi connectivity index (χ0v) is 14.8. The summed E-state index contributed by atoms with van der Waals surface area (Å²) >= 11 is -3.23. The molecule has 18 heavy (non-hydrogen) atoms. The van der Waals surface area contributed by atoms with Gasteiger partial charge in [0, 0.05) is 0 Å². The SMILES string of the molecule is Cc1cc[c]([Hg][C]([N+](=O)[O-])([N+](=O)[O-])[N+](=O)[O-])cc1. The number of aryl methyl sites for hydroxylation is 1. The quantitative estimate of drug-likeness (QED) is 0.277. The molecule has 0 amide bonds. The van der Waals surface area contributed by atoms with Gasteiger partial charge in [-0.05, 0) is 0 Å². The molecule has 0 bridgehead atoms. The molecule has 0 saturated heterocycles. The van der Waals surface area contributed by atoms with Crippen molar-refractivity contribution in [2.75, 3.05) is 0 Å². The van der Waals surface area contributed by atoms with Gasteiger partial charge in [-0.2, -0.15) is 0 Å². The molecule has 0 saturated carbocycles. The molecule has 0 fully saturated rings. The normalized spacial score (nSPS) is 10.5. The van der Waals surface area contributed by atoms with E-state index in [4.69, 9.17) is 0 Å². The van der Waals surface area contributed by atoms with Crippen LogP contribution in [-0.4, -0.2) is 18.1 Å². The molecule has 1 rings (SSSR count). The molecule has 0 aliphatic carbocycles. The van der Waals surface area contributed by atoms with Crippen molar-refractivity contribution in [3.05, 3.63) is 60.2 Å². The van der Waals surface area contributed by atoms with Crippen LogP contribution in [0, 0.1) is 37.3 Å². The molecular formula is C8H7HgN3O6. The van der Waals surface area contributed by atoms with Crippen LogP contribution >= 0.6 is 0 Å². The summed E-state index contributed by atoms with van der Waals surface area (Å²) in [6.45, 7) is 1.78. The number of rotatable bonds is 5. The predicted molar refractivity (Wildman–Crippen MR) is 54.5 cm³/mol. The summed E-state index contributed by atoms with van der Waals surface area (Å²) in [4.78, 5) is 28.1. The van der Waals surface area contributed by atoms with Gasteiger partial charge in [0.05, 0.1) is 0 Å². The van der Waals surface area contributed by atoms with Crippen LogP contribution in [0.4, 0.5) is 0 Å². The topological polar surface area (TPSA) is 129 Å². The van der Waals surface area contributed by atoms with Gasteiger partial charge >= 0.3 is 113 Å². The van der Waals surface area contributed by atoms with Crippen molar-refractivity contribution in [2.45, 2.75) is 10.2 Å². The first-order valence-corrected chi connectivity index (χ1v) is 10.3. The fraction of sp³-hybridized carbons (Fsp3) is 0.250. The summed E-state index contributed by atoms with van der Waals surface area (Å²) in [5.74, 6) is 0. The van der Waals surface area contributed by atoms with Gasteiger partial charge in [-0.1, -0.05) is 0 Å². The minimum absolute atomic E-state index is 0.380. The van der Waals surface area contributed by atoms with E-state index in [2.05, 4.69) is 0 Å². The molecule has 0 aromatic heterocycles. The Morgan fingerprint density at radius 3 is 1.67 bits per heavy atom. The summed E-state index contributed by atoms with van der Waals surface area (Å²) in [6, 6.07) is 6.23. The Morgan fingerprint density at radius 1 is 0.944 bits per heavy atom. The van der Waals surface area contributed by atoms with Crippen LogP contribution in [0.2, 0.25) is 0 Å². The molecule has 0 unspecified atom stereocenters. The molecule has 9 nitrogen and oxygen atoms in total. The van der Waals surface area contributed by atoms with Gasteiger partial charge in [0.2, 0.25) is 0 Å². The molecule has 10 heteroatoms. The van der Waals surface area contributed by atoms with Gasteiger partial charge in [-0.25, -0.2) is 0 Å². The third-order valence-corrected chi connectivity index (χ3v) is 10.7. The fourth-order valence-corrected chi connectivity index (χ4v) is 6.84. The van der Waals surface area contributed by atoms with Gasteiger partial charge in [0.25, 0.3) is 0 Å². The summed E-state index contributed by atoms with van der Waals surface area (Å²) in [5.41, 5.74) is 0.876. The second-order valence-corrected chi connectivity index (χ2v) is 11.9. The van der Waals surface area contributed by atoms with E-state index < -0.39 is 42.6 Å². The Balaban J connectivity index is 3.21. The molecule has 1 aromatic rings. The fourth-order valence-electron chi connectivity index (χ4n) is 1.37. The van der Waals surface area contributed by atoms with Gasteiger partial charge in [0.15, 0.2) is 0 Å². The maximum atomic E-state index is 10.8. The van der Waals surface area contributed by atoms with Crippen LogP contribution in [0.3, 0.4) is 0 Å². The van der Waals surface area contributed by atoms with Crippen molar-refractivity contribution in [1.82, 2.24) is 0 Å². The summed E-state index contributed by atoms with van der Waals surface area (Å²) in [7, 11) is 0. The molecule has 0 heterocycles. The molecule has 0 radical (unpaired) electrons. The molecule has 0 spiro atoms. The summed E-state index contributed by atoms with van der Waals surface area (Å²) in [6.07, 6.45) is 0. The van der Waals surface area contributed by atoms with E-state index in [9.17, 15) is 30.3 Å². The monoisotopic (exact) mass is 443 g/mol. The average molecular weight is 442 g/mol. The molecule has 1 aromatic carbocycles. The van der Waals surface area contributed by atoms with Crippen molar-refractivity contribution in [3.63, 3.8) is 0 Å². The van der Waals surface area contributed by atoms with Gasteiger partial charge in [-0.15, -0.1) is 0 Å². The Hall–Kier alpha value is -1.64. The van der Waals surface area contributed by atoms with Crippen molar-refractivity contribution < 1.29 is 39.3 Å². The van der Waals surface area contributed by atoms with Crippen LogP contribution < -0.4 is 3.07 Å². The Morgan fingerprint density at radius 2 is 1.33 bits per heavy atom. The van der Waals surface area contributed by atoms with E-state index in [1.54, 1.807) is 19.1 Å². The van der Waals surface area contributed by atoms with Crippen LogP contribution in [0.5, 0.6) is 0 Å². The third-order valence-electron chi connectivity index (χ3n) is 2.44. The van der Waals surface area contributed by atoms with Crippen LogP contribution in [-0.2, 0) is 24.6 Å². The van der Waals surface area contributed by atoms with Crippen molar-refractivity contribution in [2.24, 2.45) is 0 Å². The molecular weight excluding hydrogens is 435 g/mol. The van der Waals surface area contributed by atoms with Crippen molar-refractivity contribution in [1.29, 1.82) is 0 Å².